The average Bonchev–Trinajstić information content (AvgIpc) is 2.23. The van der Waals surface area contributed by atoms with Crippen LogP contribution in [0.1, 0.15) is 0 Å². The third-order valence-corrected chi connectivity index (χ3v) is 1.84. The number of rotatable bonds is 0. The molecule has 0 fully saturated rings. The molecule has 14 heavy (non-hydrogen) atoms. The highest BCUT2D eigenvalue weighted by Gasteiger charge is 1.99. The molecular weight excluding hydrogens is 180 g/mol. The monoisotopic (exact) mass is 190 g/mol. The van der Waals surface area contributed by atoms with Gasteiger partial charge in [-0.2, -0.15) is 0 Å². The van der Waals surface area contributed by atoms with Crippen molar-refractivity contribution in [2.24, 2.45) is 0 Å². The lowest BCUT2D eigenvalue weighted by Crippen LogP contribution is -1.72. The molecule has 0 saturated carbocycles. The van der Waals surface area contributed by atoms with Gasteiger partial charge in [-0.15, -0.1) is 0 Å². The summed E-state index contributed by atoms with van der Waals surface area (Å²) in [4.78, 5) is 8.00. The van der Waals surface area contributed by atoms with Crippen molar-refractivity contribution in [2.45, 2.75) is 0 Å². The summed E-state index contributed by atoms with van der Waals surface area (Å²) < 4.78 is 0. The number of hydrogen-bond acceptors (Lipinski definition) is 3. The molecule has 0 saturated heterocycles. The molecule has 0 bridgehead atoms. The van der Waals surface area contributed by atoms with E-state index in [1.807, 2.05) is 31.1 Å². The van der Waals surface area contributed by atoms with Crippen molar-refractivity contribution in [3.8, 4) is 11.5 Å². The van der Waals surface area contributed by atoms with Gasteiger partial charge in [0.2, 0.25) is 0 Å². The molecule has 2 N–H and O–H groups in total. The van der Waals surface area contributed by atoms with Crippen LogP contribution in [0.5, 0.6) is 11.5 Å². The maximum Gasteiger partial charge on any atom is 0.158 e. The highest BCUT2D eigenvalue weighted by atomic mass is 16.3. The summed E-state index contributed by atoms with van der Waals surface area (Å²) in [6.45, 7) is 2.00. The highest BCUT2D eigenvalue weighted by molar-refractivity contribution is 5.85. The lowest BCUT2D eigenvalue weighted by Gasteiger charge is -2.00. The Balaban J connectivity index is 0.000000461. The number of phenols is 2. The third kappa shape index (κ3) is 1.82. The topological polar surface area (TPSA) is 57.5 Å². The number of carbonyl (C=O) groups is 1. The van der Waals surface area contributed by atoms with Gasteiger partial charge in [0, 0.05) is 0 Å². The Hall–Kier alpha value is -2.03. The van der Waals surface area contributed by atoms with Crippen LogP contribution in [-0.4, -0.2) is 17.0 Å². The number of phenolic OH excluding ortho intramolecular Hbond substituents is 2. The lowest BCUT2D eigenvalue weighted by atomic mass is 10.1. The molecule has 0 atom stereocenters. The van der Waals surface area contributed by atoms with Gasteiger partial charge in [0.25, 0.3) is 0 Å². The Morgan fingerprint density at radius 3 is 1.57 bits per heavy atom. The molecule has 0 aliphatic heterocycles. The van der Waals surface area contributed by atoms with Crippen LogP contribution < -0.4 is 0 Å². The molecule has 0 radical (unpaired) electrons. The predicted molar refractivity (Wildman–Crippen MR) is 54.4 cm³/mol. The van der Waals surface area contributed by atoms with Crippen molar-refractivity contribution in [3.63, 3.8) is 0 Å². The average molecular weight is 190 g/mol. The molecule has 0 aliphatic carbocycles. The zero-order valence-corrected chi connectivity index (χ0v) is 7.47. The van der Waals surface area contributed by atoms with Crippen molar-refractivity contribution < 1.29 is 15.0 Å². The molecular formula is C11H10O3. The van der Waals surface area contributed by atoms with Crippen molar-refractivity contribution in [3.05, 3.63) is 36.4 Å². The molecule has 2 aromatic carbocycles. The molecule has 2 aromatic rings. The number of carbonyl (C=O) groups excluding carboxylic acids is 1. The van der Waals surface area contributed by atoms with E-state index in [1.165, 1.54) is 0 Å². The number of fused-ring (bicyclic) bond motifs is 1. The molecule has 0 unspecified atom stereocenters. The summed E-state index contributed by atoms with van der Waals surface area (Å²) in [6.07, 6.45) is 0. The first-order valence-electron chi connectivity index (χ1n) is 3.97. The second-order valence-corrected chi connectivity index (χ2v) is 2.69. The van der Waals surface area contributed by atoms with Gasteiger partial charge < -0.3 is 15.0 Å². The Morgan fingerprint density at radius 1 is 0.857 bits per heavy atom. The molecule has 0 heterocycles. The molecule has 0 amide bonds. The second-order valence-electron chi connectivity index (χ2n) is 2.69. The van der Waals surface area contributed by atoms with Crippen LogP contribution in [0.4, 0.5) is 0 Å². The SMILES string of the molecule is C=O.Oc1cc2ccccc2cc1O. The van der Waals surface area contributed by atoms with Gasteiger partial charge in [-0.3, -0.25) is 0 Å². The smallest absolute Gasteiger partial charge is 0.158 e. The first-order chi connectivity index (χ1) is 6.77. The quantitative estimate of drug-likeness (QED) is 0.625. The van der Waals surface area contributed by atoms with Crippen LogP contribution in [0, 0.1) is 0 Å². The van der Waals surface area contributed by atoms with E-state index in [1.54, 1.807) is 12.1 Å². The van der Waals surface area contributed by atoms with Crippen molar-refractivity contribution in [2.75, 3.05) is 0 Å². The Bertz CT molecular complexity index is 397. The summed E-state index contributed by atoms with van der Waals surface area (Å²) in [5.41, 5.74) is 0. The number of aromatic hydroxyl groups is 2. The van der Waals surface area contributed by atoms with Crippen LogP contribution >= 0.6 is 0 Å². The van der Waals surface area contributed by atoms with E-state index >= 15 is 0 Å². The number of hydrogen-bond donors (Lipinski definition) is 2. The van der Waals surface area contributed by atoms with E-state index in [4.69, 9.17) is 15.0 Å². The minimum absolute atomic E-state index is 0.0753. The van der Waals surface area contributed by atoms with Gasteiger partial charge in [-0.05, 0) is 22.9 Å². The first kappa shape index (κ1) is 10.1. The van der Waals surface area contributed by atoms with E-state index in [2.05, 4.69) is 0 Å². The summed E-state index contributed by atoms with van der Waals surface area (Å²) in [7, 11) is 0. The maximum atomic E-state index is 9.17. The van der Waals surface area contributed by atoms with Gasteiger partial charge >= 0.3 is 0 Å². The molecule has 0 aliphatic rings. The van der Waals surface area contributed by atoms with E-state index in [9.17, 15) is 0 Å². The van der Waals surface area contributed by atoms with Crippen LogP contribution in [0.2, 0.25) is 0 Å². The molecule has 2 rings (SSSR count). The van der Waals surface area contributed by atoms with Gasteiger partial charge in [-0.1, -0.05) is 24.3 Å². The zero-order valence-electron chi connectivity index (χ0n) is 7.47. The molecule has 0 aromatic heterocycles. The lowest BCUT2D eigenvalue weighted by molar-refractivity contribution is -0.0979. The molecule has 3 nitrogen and oxygen atoms in total. The number of benzene rings is 2. The fourth-order valence-corrected chi connectivity index (χ4v) is 1.22. The fraction of sp³-hybridized carbons (Fsp3) is 0. The Labute approximate surface area is 81.2 Å². The van der Waals surface area contributed by atoms with E-state index in [0.717, 1.165) is 10.8 Å². The van der Waals surface area contributed by atoms with Crippen LogP contribution in [-0.2, 0) is 4.79 Å². The zero-order chi connectivity index (χ0) is 10.6. The van der Waals surface area contributed by atoms with Crippen LogP contribution in [0.25, 0.3) is 10.8 Å². The van der Waals surface area contributed by atoms with Crippen molar-refractivity contribution in [1.82, 2.24) is 0 Å². The minimum atomic E-state index is -0.0753. The van der Waals surface area contributed by atoms with E-state index in [-0.39, 0.29) is 11.5 Å². The second kappa shape index (κ2) is 4.28. The fourth-order valence-electron chi connectivity index (χ4n) is 1.22. The summed E-state index contributed by atoms with van der Waals surface area (Å²) in [5, 5.41) is 20.2. The van der Waals surface area contributed by atoms with Crippen molar-refractivity contribution >= 4 is 17.6 Å². The van der Waals surface area contributed by atoms with E-state index in [0.29, 0.717) is 0 Å². The van der Waals surface area contributed by atoms with Gasteiger partial charge in [0.15, 0.2) is 11.5 Å². The Morgan fingerprint density at radius 2 is 1.21 bits per heavy atom. The Kier molecular flexibility index (Phi) is 3.07. The molecule has 3 heteroatoms. The van der Waals surface area contributed by atoms with Crippen LogP contribution in [0.3, 0.4) is 0 Å². The van der Waals surface area contributed by atoms with Gasteiger partial charge in [-0.25, -0.2) is 0 Å². The standard InChI is InChI=1S/C10H8O2.CH2O/c11-9-5-7-3-1-2-4-8(7)6-10(9)12;1-2/h1-6,11-12H;1H2. The molecule has 0 spiro atoms. The van der Waals surface area contributed by atoms with Gasteiger partial charge in [0.05, 0.1) is 0 Å². The summed E-state index contributed by atoms with van der Waals surface area (Å²) in [6, 6.07) is 10.6. The van der Waals surface area contributed by atoms with Crippen LogP contribution in [0.15, 0.2) is 36.4 Å². The summed E-state index contributed by atoms with van der Waals surface area (Å²) in [5.74, 6) is -0.151. The summed E-state index contributed by atoms with van der Waals surface area (Å²) >= 11 is 0. The largest absolute Gasteiger partial charge is 0.504 e. The minimum Gasteiger partial charge on any atom is -0.504 e. The van der Waals surface area contributed by atoms with Crippen molar-refractivity contribution in [1.29, 1.82) is 0 Å². The molecule has 72 valence electrons. The first-order valence-corrected chi connectivity index (χ1v) is 3.97. The van der Waals surface area contributed by atoms with E-state index < -0.39 is 0 Å². The third-order valence-electron chi connectivity index (χ3n) is 1.84. The normalized spacial score (nSPS) is 9.14. The highest BCUT2D eigenvalue weighted by Crippen LogP contribution is 2.29. The maximum absolute atomic E-state index is 9.17. The predicted octanol–water partition coefficient (Wildman–Crippen LogP) is 2.07. The van der Waals surface area contributed by atoms with Gasteiger partial charge in [0.1, 0.15) is 6.79 Å².